The number of carbonyl (C=O) groups is 4. The van der Waals surface area contributed by atoms with Crippen LogP contribution in [0.15, 0.2) is 48.6 Å². The van der Waals surface area contributed by atoms with Crippen LogP contribution in [-0.4, -0.2) is 42.8 Å². The van der Waals surface area contributed by atoms with E-state index in [-0.39, 0.29) is 42.5 Å². The third-order valence-corrected chi connectivity index (χ3v) is 4.89. The first-order valence-electron chi connectivity index (χ1n) is 10.9. The van der Waals surface area contributed by atoms with Gasteiger partial charge in [0.1, 0.15) is 5.75 Å². The number of hydrogen-bond acceptors (Lipinski definition) is 7. The van der Waals surface area contributed by atoms with Gasteiger partial charge in [0.05, 0.1) is 20.6 Å². The maximum absolute atomic E-state index is 12.2. The number of esters is 1. The minimum atomic E-state index is -0.894. The number of carbonyl (C=O) groups excluding carboxylic acids is 3. The topological polar surface area (TPSA) is 116 Å². The predicted octanol–water partition coefficient (Wildman–Crippen LogP) is 4.29. The van der Waals surface area contributed by atoms with Gasteiger partial charge in [-0.2, -0.15) is 0 Å². The van der Waals surface area contributed by atoms with E-state index in [1.54, 1.807) is 55.5 Å². The first-order chi connectivity index (χ1) is 16.7. The average molecular weight is 481 g/mol. The van der Waals surface area contributed by atoms with E-state index in [1.165, 1.54) is 26.4 Å². The predicted molar refractivity (Wildman–Crippen MR) is 131 cm³/mol. The highest BCUT2D eigenvalue weighted by Crippen LogP contribution is 2.29. The van der Waals surface area contributed by atoms with Crippen LogP contribution in [0.2, 0.25) is 0 Å². The monoisotopic (exact) mass is 480 g/mol. The molecule has 0 saturated carbocycles. The van der Waals surface area contributed by atoms with Gasteiger partial charge in [-0.05, 0) is 53.5 Å². The number of aryl methyl sites for hydroxylation is 1. The molecule has 2 rings (SSSR count). The van der Waals surface area contributed by atoms with Crippen LogP contribution in [0.4, 0.5) is 0 Å². The van der Waals surface area contributed by atoms with Crippen LogP contribution in [0.1, 0.15) is 42.9 Å². The standard InChI is InChI=1S/C27H28O8/c1-4-27(32)35-23-13-8-19(16-25(23)34-3)7-12-22(29)17-21(28)11-6-18-5-9-20(10-14-26(30)31)24(15-18)33-2/h5-9,11-13,15-16H,4,10,14,17H2,1-3H3,(H,30,31)/b11-6+,12-7+. The van der Waals surface area contributed by atoms with Crippen LogP contribution in [0, 0.1) is 0 Å². The molecule has 1 N–H and O–H groups in total. The summed E-state index contributed by atoms with van der Waals surface area (Å²) < 4.78 is 15.7. The lowest BCUT2D eigenvalue weighted by Crippen LogP contribution is -2.06. The van der Waals surface area contributed by atoms with Gasteiger partial charge in [0, 0.05) is 12.8 Å². The maximum atomic E-state index is 12.2. The maximum Gasteiger partial charge on any atom is 0.311 e. The van der Waals surface area contributed by atoms with Crippen LogP contribution in [0.5, 0.6) is 17.2 Å². The van der Waals surface area contributed by atoms with Gasteiger partial charge in [-0.1, -0.05) is 37.3 Å². The molecule has 0 aliphatic heterocycles. The number of hydrogen-bond donors (Lipinski definition) is 1. The largest absolute Gasteiger partial charge is 0.496 e. The summed E-state index contributed by atoms with van der Waals surface area (Å²) in [7, 11) is 2.94. The normalized spacial score (nSPS) is 10.9. The smallest absolute Gasteiger partial charge is 0.311 e. The van der Waals surface area contributed by atoms with Gasteiger partial charge in [0.2, 0.25) is 0 Å². The van der Waals surface area contributed by atoms with Crippen LogP contribution in [-0.2, 0) is 25.6 Å². The van der Waals surface area contributed by atoms with Crippen molar-refractivity contribution in [2.24, 2.45) is 0 Å². The Bertz CT molecular complexity index is 1140. The molecular formula is C27H28O8. The number of methoxy groups -OCH3 is 2. The molecule has 0 unspecified atom stereocenters. The second-order valence-electron chi connectivity index (χ2n) is 7.48. The molecule has 8 heteroatoms. The number of benzene rings is 2. The van der Waals surface area contributed by atoms with Gasteiger partial charge in [0.25, 0.3) is 0 Å². The van der Waals surface area contributed by atoms with E-state index in [1.807, 2.05) is 0 Å². The van der Waals surface area contributed by atoms with Gasteiger partial charge >= 0.3 is 11.9 Å². The van der Waals surface area contributed by atoms with Gasteiger partial charge in [0.15, 0.2) is 23.1 Å². The zero-order valence-corrected chi connectivity index (χ0v) is 19.9. The van der Waals surface area contributed by atoms with E-state index in [2.05, 4.69) is 0 Å². The SMILES string of the molecule is CCC(=O)Oc1ccc(/C=C/C(=O)CC(=O)/C=C/c2ccc(CCC(=O)O)c(OC)c2)cc1OC. The lowest BCUT2D eigenvalue weighted by molar-refractivity contribution is -0.137. The van der Waals surface area contributed by atoms with Crippen molar-refractivity contribution in [2.75, 3.05) is 14.2 Å². The van der Waals surface area contributed by atoms with Gasteiger partial charge in [-0.3, -0.25) is 19.2 Å². The molecule has 0 aliphatic carbocycles. The Labute approximate surface area is 203 Å². The molecule has 0 radical (unpaired) electrons. The van der Waals surface area contributed by atoms with Crippen LogP contribution in [0.25, 0.3) is 12.2 Å². The Morgan fingerprint density at radius 2 is 1.40 bits per heavy atom. The van der Waals surface area contributed by atoms with Crippen molar-refractivity contribution in [3.05, 3.63) is 65.2 Å². The summed E-state index contributed by atoms with van der Waals surface area (Å²) >= 11 is 0. The van der Waals surface area contributed by atoms with Crippen molar-refractivity contribution >= 4 is 35.7 Å². The minimum absolute atomic E-state index is 0.0110. The molecule has 0 atom stereocenters. The summed E-state index contributed by atoms with van der Waals surface area (Å²) in [6.07, 6.45) is 6.00. The highest BCUT2D eigenvalue weighted by molar-refractivity contribution is 6.10. The molecule has 2 aromatic rings. The quantitative estimate of drug-likeness (QED) is 0.195. The fraction of sp³-hybridized carbons (Fsp3) is 0.259. The van der Waals surface area contributed by atoms with E-state index in [0.29, 0.717) is 29.0 Å². The second kappa shape index (κ2) is 13.5. The summed E-state index contributed by atoms with van der Waals surface area (Å²) in [4.78, 5) is 46.7. The molecule has 0 fully saturated rings. The van der Waals surface area contributed by atoms with E-state index in [9.17, 15) is 19.2 Å². The summed E-state index contributed by atoms with van der Waals surface area (Å²) in [6.45, 7) is 1.69. The Morgan fingerprint density at radius 3 is 1.94 bits per heavy atom. The Kier molecular flexibility index (Phi) is 10.4. The van der Waals surface area contributed by atoms with Crippen molar-refractivity contribution in [3.63, 3.8) is 0 Å². The third kappa shape index (κ3) is 8.92. The molecular weight excluding hydrogens is 452 g/mol. The molecule has 0 bridgehead atoms. The van der Waals surface area contributed by atoms with Crippen molar-refractivity contribution < 1.29 is 38.5 Å². The molecule has 8 nitrogen and oxygen atoms in total. The van der Waals surface area contributed by atoms with Crippen molar-refractivity contribution in [3.8, 4) is 17.2 Å². The Morgan fingerprint density at radius 1 is 0.829 bits per heavy atom. The summed E-state index contributed by atoms with van der Waals surface area (Å²) in [5.41, 5.74) is 2.09. The lowest BCUT2D eigenvalue weighted by atomic mass is 10.0. The van der Waals surface area contributed by atoms with E-state index >= 15 is 0 Å². The summed E-state index contributed by atoms with van der Waals surface area (Å²) in [5.74, 6) is -0.852. The Balaban J connectivity index is 1.98. The zero-order chi connectivity index (χ0) is 25.8. The molecule has 0 saturated heterocycles. The number of rotatable bonds is 13. The van der Waals surface area contributed by atoms with E-state index in [4.69, 9.17) is 19.3 Å². The first kappa shape index (κ1) is 27.0. The van der Waals surface area contributed by atoms with Crippen molar-refractivity contribution in [2.45, 2.75) is 32.6 Å². The lowest BCUT2D eigenvalue weighted by Gasteiger charge is -2.09. The van der Waals surface area contributed by atoms with Crippen molar-refractivity contribution in [1.82, 2.24) is 0 Å². The molecule has 0 heterocycles. The fourth-order valence-electron chi connectivity index (χ4n) is 3.05. The van der Waals surface area contributed by atoms with Gasteiger partial charge in [-0.15, -0.1) is 0 Å². The Hall–Kier alpha value is -4.20. The van der Waals surface area contributed by atoms with Crippen LogP contribution < -0.4 is 14.2 Å². The molecule has 0 aliphatic rings. The zero-order valence-electron chi connectivity index (χ0n) is 19.9. The van der Waals surface area contributed by atoms with Crippen LogP contribution in [0.3, 0.4) is 0 Å². The molecule has 2 aromatic carbocycles. The highest BCUT2D eigenvalue weighted by atomic mass is 16.6. The number of ketones is 2. The highest BCUT2D eigenvalue weighted by Gasteiger charge is 2.10. The van der Waals surface area contributed by atoms with Gasteiger partial charge in [-0.25, -0.2) is 0 Å². The summed E-state index contributed by atoms with van der Waals surface area (Å²) in [6, 6.07) is 10.1. The molecule has 35 heavy (non-hydrogen) atoms. The number of carboxylic acid groups (broad SMARTS) is 1. The number of aliphatic carboxylic acids is 1. The number of ether oxygens (including phenoxy) is 3. The minimum Gasteiger partial charge on any atom is -0.496 e. The fourth-order valence-corrected chi connectivity index (χ4v) is 3.05. The molecule has 0 amide bonds. The second-order valence-corrected chi connectivity index (χ2v) is 7.48. The number of allylic oxidation sites excluding steroid dienone is 2. The van der Waals surface area contributed by atoms with E-state index in [0.717, 1.165) is 5.56 Å². The molecule has 184 valence electrons. The van der Waals surface area contributed by atoms with Crippen LogP contribution >= 0.6 is 0 Å². The van der Waals surface area contributed by atoms with Crippen molar-refractivity contribution in [1.29, 1.82) is 0 Å². The molecule has 0 spiro atoms. The third-order valence-electron chi connectivity index (χ3n) is 4.89. The van der Waals surface area contributed by atoms with E-state index < -0.39 is 5.97 Å². The number of carboxylic acids is 1. The molecule has 0 aromatic heterocycles. The first-order valence-corrected chi connectivity index (χ1v) is 10.9. The summed E-state index contributed by atoms with van der Waals surface area (Å²) in [5, 5.41) is 8.84. The average Bonchev–Trinajstić information content (AvgIpc) is 2.85. The van der Waals surface area contributed by atoms with Gasteiger partial charge < -0.3 is 19.3 Å².